The van der Waals surface area contributed by atoms with Crippen molar-refractivity contribution in [1.29, 1.82) is 0 Å². The number of hydrogen-bond donors (Lipinski definition) is 0. The molecule has 112 valence electrons. The van der Waals surface area contributed by atoms with E-state index >= 15 is 0 Å². The van der Waals surface area contributed by atoms with E-state index in [1.165, 1.54) is 24.2 Å². The Morgan fingerprint density at radius 1 is 1.14 bits per heavy atom. The van der Waals surface area contributed by atoms with E-state index in [0.29, 0.717) is 0 Å². The summed E-state index contributed by atoms with van der Waals surface area (Å²) >= 11 is 0. The van der Waals surface area contributed by atoms with Gasteiger partial charge in [-0.3, -0.25) is 0 Å². The minimum absolute atomic E-state index is 0.828. The molecule has 2 heteroatoms. The molecule has 4 saturated carbocycles. The van der Waals surface area contributed by atoms with Crippen LogP contribution in [0.25, 0.3) is 5.76 Å². The Morgan fingerprint density at radius 2 is 1.86 bits per heavy atom. The van der Waals surface area contributed by atoms with E-state index in [0.717, 1.165) is 43.2 Å². The second kappa shape index (κ2) is 5.17. The van der Waals surface area contributed by atoms with Crippen molar-refractivity contribution >= 4 is 5.76 Å². The number of rotatable bonds is 6. The summed E-state index contributed by atoms with van der Waals surface area (Å²) in [5.41, 5.74) is 2.96. The van der Waals surface area contributed by atoms with Gasteiger partial charge < -0.3 is 9.64 Å². The zero-order valence-corrected chi connectivity index (χ0v) is 13.1. The summed E-state index contributed by atoms with van der Waals surface area (Å²) in [6.07, 6.45) is 3.96. The van der Waals surface area contributed by atoms with Gasteiger partial charge in [-0.25, -0.2) is 0 Å². The van der Waals surface area contributed by atoms with Crippen LogP contribution in [0.1, 0.15) is 24.8 Å². The Labute approximate surface area is 127 Å². The van der Waals surface area contributed by atoms with Gasteiger partial charge in [0.15, 0.2) is 0 Å². The second-order valence-corrected chi connectivity index (χ2v) is 7.18. The molecule has 1 aromatic carbocycles. The zero-order valence-electron chi connectivity index (χ0n) is 13.1. The van der Waals surface area contributed by atoms with E-state index in [-0.39, 0.29) is 0 Å². The first-order chi connectivity index (χ1) is 10.3. The van der Waals surface area contributed by atoms with Gasteiger partial charge in [0.25, 0.3) is 0 Å². The smallest absolute Gasteiger partial charge is 0.126 e. The Morgan fingerprint density at radius 3 is 2.43 bits per heavy atom. The van der Waals surface area contributed by atoms with E-state index in [2.05, 4.69) is 49.3 Å². The normalized spacial score (nSPS) is 34.4. The van der Waals surface area contributed by atoms with E-state index in [9.17, 15) is 0 Å². The highest BCUT2D eigenvalue weighted by molar-refractivity contribution is 5.67. The summed E-state index contributed by atoms with van der Waals surface area (Å²) in [6, 6.07) is 10.8. The van der Waals surface area contributed by atoms with Gasteiger partial charge in [-0.2, -0.15) is 0 Å². The van der Waals surface area contributed by atoms with Crippen LogP contribution in [0.3, 0.4) is 0 Å². The van der Waals surface area contributed by atoms with Crippen LogP contribution in [0.15, 0.2) is 35.9 Å². The van der Waals surface area contributed by atoms with E-state index in [1.807, 2.05) is 0 Å². The van der Waals surface area contributed by atoms with Crippen molar-refractivity contribution < 1.29 is 4.74 Å². The minimum atomic E-state index is 0.828. The third kappa shape index (κ3) is 2.30. The van der Waals surface area contributed by atoms with Gasteiger partial charge in [-0.15, -0.1) is 0 Å². The van der Waals surface area contributed by atoms with Crippen LogP contribution < -0.4 is 0 Å². The van der Waals surface area contributed by atoms with Crippen LogP contribution in [0, 0.1) is 23.7 Å². The molecule has 0 aliphatic heterocycles. The highest BCUT2D eigenvalue weighted by Crippen LogP contribution is 2.74. The molecule has 2 unspecified atom stereocenters. The quantitative estimate of drug-likeness (QED) is 0.583. The summed E-state index contributed by atoms with van der Waals surface area (Å²) in [5, 5.41) is 0. The largest absolute Gasteiger partial charge is 0.493 e. The van der Waals surface area contributed by atoms with Crippen molar-refractivity contribution in [3.05, 3.63) is 41.5 Å². The van der Waals surface area contributed by atoms with Gasteiger partial charge >= 0.3 is 0 Å². The molecule has 0 amide bonds. The maximum absolute atomic E-state index is 6.31. The number of benzene rings is 1. The van der Waals surface area contributed by atoms with E-state index in [1.54, 1.807) is 5.57 Å². The first-order valence-corrected chi connectivity index (χ1v) is 8.32. The van der Waals surface area contributed by atoms with Crippen molar-refractivity contribution in [2.45, 2.75) is 19.3 Å². The number of allylic oxidation sites excluding steroid dienone is 1. The molecule has 21 heavy (non-hydrogen) atoms. The van der Waals surface area contributed by atoms with Gasteiger partial charge in [0.05, 0.1) is 6.61 Å². The highest BCUT2D eigenvalue weighted by Gasteiger charge is 2.66. The Bertz CT molecular complexity index is 532. The fraction of sp³-hybridized carbons (Fsp3) is 0.579. The summed E-state index contributed by atoms with van der Waals surface area (Å²) in [5.74, 6) is 4.95. The monoisotopic (exact) mass is 283 g/mol. The van der Waals surface area contributed by atoms with Crippen molar-refractivity contribution in [2.75, 3.05) is 27.2 Å². The molecule has 0 aromatic heterocycles. The van der Waals surface area contributed by atoms with Crippen LogP contribution in [0.2, 0.25) is 0 Å². The van der Waals surface area contributed by atoms with Crippen LogP contribution in [-0.4, -0.2) is 32.1 Å². The van der Waals surface area contributed by atoms with Crippen molar-refractivity contribution in [3.8, 4) is 0 Å². The molecule has 0 heterocycles. The van der Waals surface area contributed by atoms with Gasteiger partial charge in [-0.05, 0) is 62.6 Å². The van der Waals surface area contributed by atoms with E-state index < -0.39 is 0 Å². The standard InChI is InChI=1S/C19H25NO/c1-20(2)9-6-10-21-19(13-7-4-3-5-8-13)17-14-11-15-16(12-14)18(15)17/h3-5,7-8,14-16,18H,6,9-12H2,1-2H3. The molecule has 0 radical (unpaired) electrons. The lowest BCUT2D eigenvalue weighted by Crippen LogP contribution is -2.15. The minimum Gasteiger partial charge on any atom is -0.493 e. The molecule has 4 aliphatic carbocycles. The number of nitrogens with zero attached hydrogens (tertiary/aromatic N) is 1. The lowest BCUT2D eigenvalue weighted by atomic mass is 10.0. The lowest BCUT2D eigenvalue weighted by molar-refractivity contribution is 0.247. The first kappa shape index (κ1) is 13.4. The third-order valence-corrected chi connectivity index (χ3v) is 5.54. The Balaban J connectivity index is 1.55. The molecular formula is C19H25NO. The molecule has 1 aromatic rings. The molecule has 0 saturated heterocycles. The van der Waals surface area contributed by atoms with Gasteiger partial charge in [0, 0.05) is 12.1 Å². The topological polar surface area (TPSA) is 12.5 Å². The van der Waals surface area contributed by atoms with E-state index in [4.69, 9.17) is 4.74 Å². The van der Waals surface area contributed by atoms with Crippen molar-refractivity contribution in [2.24, 2.45) is 23.7 Å². The molecule has 0 N–H and O–H groups in total. The SMILES string of the molecule is CN(C)CCCOC(=C1C2CC3C(C2)C13)c1ccccc1. The zero-order chi connectivity index (χ0) is 14.4. The van der Waals surface area contributed by atoms with Crippen LogP contribution in [0.4, 0.5) is 0 Å². The van der Waals surface area contributed by atoms with Gasteiger partial charge in [-0.1, -0.05) is 30.3 Å². The van der Waals surface area contributed by atoms with Crippen LogP contribution in [0.5, 0.6) is 0 Å². The number of hydrogen-bond acceptors (Lipinski definition) is 2. The molecule has 0 spiro atoms. The Hall–Kier alpha value is -1.28. The average Bonchev–Trinajstić information content (AvgIpc) is 2.88. The predicted molar refractivity (Wildman–Crippen MR) is 85.7 cm³/mol. The Kier molecular flexibility index (Phi) is 3.30. The molecule has 4 fully saturated rings. The average molecular weight is 283 g/mol. The summed E-state index contributed by atoms with van der Waals surface area (Å²) < 4.78 is 6.31. The maximum Gasteiger partial charge on any atom is 0.126 e. The summed E-state index contributed by atoms with van der Waals surface area (Å²) in [6.45, 7) is 1.93. The molecule has 4 bridgehead atoms. The second-order valence-electron chi connectivity index (χ2n) is 7.18. The third-order valence-electron chi connectivity index (χ3n) is 5.54. The number of ether oxygens (including phenoxy) is 1. The fourth-order valence-electron chi connectivity index (χ4n) is 4.64. The van der Waals surface area contributed by atoms with Crippen LogP contribution in [-0.2, 0) is 4.74 Å². The van der Waals surface area contributed by atoms with Gasteiger partial charge in [0.2, 0.25) is 0 Å². The summed E-state index contributed by atoms with van der Waals surface area (Å²) in [7, 11) is 4.24. The molecular weight excluding hydrogens is 258 g/mol. The predicted octanol–water partition coefficient (Wildman–Crippen LogP) is 3.65. The maximum atomic E-state index is 6.31. The lowest BCUT2D eigenvalue weighted by Gasteiger charge is -2.17. The molecule has 5 rings (SSSR count). The van der Waals surface area contributed by atoms with Crippen molar-refractivity contribution in [1.82, 2.24) is 4.90 Å². The molecule has 4 aliphatic rings. The van der Waals surface area contributed by atoms with Gasteiger partial charge in [0.1, 0.15) is 5.76 Å². The summed E-state index contributed by atoms with van der Waals surface area (Å²) in [4.78, 5) is 2.22. The molecule has 2 atom stereocenters. The molecule has 2 nitrogen and oxygen atoms in total. The fourth-order valence-corrected chi connectivity index (χ4v) is 4.64. The van der Waals surface area contributed by atoms with Crippen molar-refractivity contribution in [3.63, 3.8) is 0 Å². The van der Waals surface area contributed by atoms with Crippen LogP contribution >= 0.6 is 0 Å². The highest BCUT2D eigenvalue weighted by atomic mass is 16.5. The first-order valence-electron chi connectivity index (χ1n) is 8.32.